The first-order valence-corrected chi connectivity index (χ1v) is 9.94. The second-order valence-corrected chi connectivity index (χ2v) is 8.55. The number of hydrogen-bond acceptors (Lipinski definition) is 5. The summed E-state index contributed by atoms with van der Waals surface area (Å²) in [5, 5.41) is 14.9. The maximum atomic E-state index is 13.0. The van der Waals surface area contributed by atoms with Crippen LogP contribution < -0.4 is 10.2 Å². The van der Waals surface area contributed by atoms with Gasteiger partial charge in [0.25, 0.3) is 6.43 Å². The molecule has 154 valence electrons. The number of nitrogens with one attached hydrogen (secondary N) is 1. The van der Waals surface area contributed by atoms with Crippen LogP contribution in [-0.4, -0.2) is 38.9 Å². The highest BCUT2D eigenvalue weighted by molar-refractivity contribution is 5.49. The van der Waals surface area contributed by atoms with Gasteiger partial charge in [-0.3, -0.25) is 0 Å². The highest BCUT2D eigenvalue weighted by atomic mass is 19.3. The molecule has 0 spiro atoms. The third-order valence-corrected chi connectivity index (χ3v) is 5.43. The molecule has 4 rings (SSSR count). The minimum atomic E-state index is -2.71. The lowest BCUT2D eigenvalue weighted by atomic mass is 9.87. The molecule has 1 fully saturated rings. The third kappa shape index (κ3) is 4.16. The summed E-state index contributed by atoms with van der Waals surface area (Å²) in [6.07, 6.45) is -0.810. The number of aromatic nitrogens is 4. The highest BCUT2D eigenvalue weighted by Crippen LogP contribution is 2.27. The van der Waals surface area contributed by atoms with E-state index in [1.54, 1.807) is 12.1 Å². The van der Waals surface area contributed by atoms with Crippen molar-refractivity contribution in [3.05, 3.63) is 47.8 Å². The number of halogens is 2. The SMILES string of the molecule is CC(C)(C)c1ccc(N2CCC(Nc3ccc4nnc(C(F)F)n4n3)CC2)cc1. The van der Waals surface area contributed by atoms with Crippen LogP contribution in [0.4, 0.5) is 20.3 Å². The molecule has 1 aliphatic heterocycles. The van der Waals surface area contributed by atoms with E-state index in [4.69, 9.17) is 0 Å². The molecule has 8 heteroatoms. The number of rotatable bonds is 4. The van der Waals surface area contributed by atoms with Crippen LogP contribution >= 0.6 is 0 Å². The Morgan fingerprint density at radius 1 is 1.00 bits per heavy atom. The van der Waals surface area contributed by atoms with Crippen molar-refractivity contribution in [2.75, 3.05) is 23.3 Å². The van der Waals surface area contributed by atoms with E-state index in [0.717, 1.165) is 30.4 Å². The molecule has 6 nitrogen and oxygen atoms in total. The van der Waals surface area contributed by atoms with E-state index < -0.39 is 12.2 Å². The Bertz CT molecular complexity index is 969. The van der Waals surface area contributed by atoms with Crippen LogP contribution in [0, 0.1) is 0 Å². The normalized spacial score (nSPS) is 16.0. The van der Waals surface area contributed by atoms with E-state index in [-0.39, 0.29) is 11.5 Å². The minimum absolute atomic E-state index is 0.151. The largest absolute Gasteiger partial charge is 0.371 e. The molecule has 0 aliphatic carbocycles. The molecular weight excluding hydrogens is 374 g/mol. The fourth-order valence-electron chi connectivity index (χ4n) is 3.68. The predicted octanol–water partition coefficient (Wildman–Crippen LogP) is 4.44. The summed E-state index contributed by atoms with van der Waals surface area (Å²) >= 11 is 0. The average Bonchev–Trinajstić information content (AvgIpc) is 3.12. The van der Waals surface area contributed by atoms with Crippen molar-refractivity contribution in [3.8, 4) is 0 Å². The lowest BCUT2D eigenvalue weighted by Crippen LogP contribution is -2.39. The smallest absolute Gasteiger partial charge is 0.299 e. The van der Waals surface area contributed by atoms with Crippen molar-refractivity contribution in [3.63, 3.8) is 0 Å². The van der Waals surface area contributed by atoms with E-state index in [0.29, 0.717) is 11.5 Å². The van der Waals surface area contributed by atoms with Crippen LogP contribution in [0.2, 0.25) is 0 Å². The molecule has 0 bridgehead atoms. The first-order valence-electron chi connectivity index (χ1n) is 9.94. The lowest BCUT2D eigenvalue weighted by molar-refractivity contribution is 0.137. The van der Waals surface area contributed by atoms with Gasteiger partial charge >= 0.3 is 0 Å². The summed E-state index contributed by atoms with van der Waals surface area (Å²) in [6, 6.07) is 12.5. The van der Waals surface area contributed by atoms with Gasteiger partial charge in [0.05, 0.1) is 0 Å². The Morgan fingerprint density at radius 2 is 1.69 bits per heavy atom. The Morgan fingerprint density at radius 3 is 2.31 bits per heavy atom. The minimum Gasteiger partial charge on any atom is -0.371 e. The van der Waals surface area contributed by atoms with Gasteiger partial charge in [0.15, 0.2) is 5.65 Å². The number of nitrogens with zero attached hydrogens (tertiary/aromatic N) is 5. The predicted molar refractivity (Wildman–Crippen MR) is 110 cm³/mol. The van der Waals surface area contributed by atoms with Crippen molar-refractivity contribution < 1.29 is 8.78 Å². The molecule has 3 heterocycles. The molecule has 1 aliphatic rings. The highest BCUT2D eigenvalue weighted by Gasteiger charge is 2.22. The number of benzene rings is 1. The monoisotopic (exact) mass is 400 g/mol. The summed E-state index contributed by atoms with van der Waals surface area (Å²) in [5.74, 6) is 0.129. The molecule has 3 aromatic rings. The van der Waals surface area contributed by atoms with Crippen LogP contribution in [0.5, 0.6) is 0 Å². The molecule has 1 saturated heterocycles. The number of alkyl halides is 2. The van der Waals surface area contributed by atoms with Crippen molar-refractivity contribution in [1.82, 2.24) is 19.8 Å². The zero-order chi connectivity index (χ0) is 20.6. The summed E-state index contributed by atoms with van der Waals surface area (Å²) in [6.45, 7) is 8.52. The molecule has 2 aromatic heterocycles. The molecule has 0 saturated carbocycles. The average molecular weight is 400 g/mol. The summed E-state index contributed by atoms with van der Waals surface area (Å²) in [4.78, 5) is 2.38. The first-order chi connectivity index (χ1) is 13.8. The Kier molecular flexibility index (Phi) is 5.10. The van der Waals surface area contributed by atoms with Crippen LogP contribution in [0.3, 0.4) is 0 Å². The fraction of sp³-hybridized carbons (Fsp3) is 0.476. The molecule has 0 radical (unpaired) electrons. The van der Waals surface area contributed by atoms with Crippen LogP contribution in [0.25, 0.3) is 5.65 Å². The van der Waals surface area contributed by atoms with Crippen molar-refractivity contribution >= 4 is 17.2 Å². The second kappa shape index (κ2) is 7.57. The fourth-order valence-corrected chi connectivity index (χ4v) is 3.68. The molecular formula is C21H26F2N6. The molecule has 1 aromatic carbocycles. The molecule has 0 unspecified atom stereocenters. The van der Waals surface area contributed by atoms with Crippen molar-refractivity contribution in [2.45, 2.75) is 51.5 Å². The summed E-state index contributed by atoms with van der Waals surface area (Å²) in [5.41, 5.74) is 3.04. The zero-order valence-corrected chi connectivity index (χ0v) is 16.9. The number of hydrogen-bond donors (Lipinski definition) is 1. The van der Waals surface area contributed by atoms with Crippen LogP contribution in [-0.2, 0) is 5.41 Å². The van der Waals surface area contributed by atoms with E-state index in [2.05, 4.69) is 70.5 Å². The standard InChI is InChI=1S/C21H26F2N6/c1-21(2,3)14-4-6-16(7-5-14)28-12-10-15(11-13-28)24-17-8-9-18-25-26-20(19(22)23)29(18)27-17/h4-9,15,19H,10-13H2,1-3H3,(H,24,27). The van der Waals surface area contributed by atoms with Gasteiger partial charge in [-0.05, 0) is 48.1 Å². The van der Waals surface area contributed by atoms with E-state index in [1.807, 2.05) is 0 Å². The van der Waals surface area contributed by atoms with Crippen LogP contribution in [0.15, 0.2) is 36.4 Å². The number of anilines is 2. The van der Waals surface area contributed by atoms with E-state index in [1.165, 1.54) is 11.3 Å². The Hall–Kier alpha value is -2.77. The topological polar surface area (TPSA) is 58.3 Å². The Labute approximate surface area is 168 Å². The summed E-state index contributed by atoms with van der Waals surface area (Å²) in [7, 11) is 0. The number of fused-ring (bicyclic) bond motifs is 1. The lowest BCUT2D eigenvalue weighted by Gasteiger charge is -2.34. The van der Waals surface area contributed by atoms with Gasteiger partial charge in [-0.1, -0.05) is 32.9 Å². The van der Waals surface area contributed by atoms with Crippen molar-refractivity contribution in [2.24, 2.45) is 0 Å². The van der Waals surface area contributed by atoms with Gasteiger partial charge in [0, 0.05) is 24.8 Å². The van der Waals surface area contributed by atoms with Gasteiger partial charge in [-0.25, -0.2) is 8.78 Å². The number of piperidine rings is 1. The van der Waals surface area contributed by atoms with E-state index >= 15 is 0 Å². The maximum absolute atomic E-state index is 13.0. The molecule has 29 heavy (non-hydrogen) atoms. The first kappa shape index (κ1) is 19.5. The second-order valence-electron chi connectivity index (χ2n) is 8.55. The van der Waals surface area contributed by atoms with Gasteiger partial charge in [0.2, 0.25) is 5.82 Å². The quantitative estimate of drug-likeness (QED) is 0.702. The van der Waals surface area contributed by atoms with Gasteiger partial charge in [-0.15, -0.1) is 15.3 Å². The molecule has 0 amide bonds. The van der Waals surface area contributed by atoms with Gasteiger partial charge in [0.1, 0.15) is 5.82 Å². The third-order valence-electron chi connectivity index (χ3n) is 5.43. The van der Waals surface area contributed by atoms with E-state index in [9.17, 15) is 8.78 Å². The summed E-state index contributed by atoms with van der Waals surface area (Å²) < 4.78 is 27.2. The van der Waals surface area contributed by atoms with Crippen molar-refractivity contribution in [1.29, 1.82) is 0 Å². The zero-order valence-electron chi connectivity index (χ0n) is 16.9. The maximum Gasteiger partial charge on any atom is 0.299 e. The Balaban J connectivity index is 1.39. The van der Waals surface area contributed by atoms with Gasteiger partial charge < -0.3 is 10.2 Å². The molecule has 0 atom stereocenters. The van der Waals surface area contributed by atoms with Crippen LogP contribution in [0.1, 0.15) is 51.4 Å². The van der Waals surface area contributed by atoms with Gasteiger partial charge in [-0.2, -0.15) is 4.52 Å². The molecule has 1 N–H and O–H groups in total.